The number of fused-ring (bicyclic) bond motifs is 6. The molecule has 63 heavy (non-hydrogen) atoms. The maximum absolute atomic E-state index is 15.5. The number of nitrogens with one attached hydrogen (secondary N) is 1. The zero-order valence-electron chi connectivity index (χ0n) is 37.5. The number of benzene rings is 2. The van der Waals surface area contributed by atoms with Crippen molar-refractivity contribution in [2.75, 3.05) is 73.1 Å². The Kier molecular flexibility index (Phi) is 10.4. The largest absolute Gasteiger partial charge is 0.496 e. The Morgan fingerprint density at radius 3 is 2.33 bits per heavy atom. The van der Waals surface area contributed by atoms with Crippen LogP contribution >= 0.6 is 0 Å². The Morgan fingerprint density at radius 2 is 1.67 bits per heavy atom. The summed E-state index contributed by atoms with van der Waals surface area (Å²) in [5.74, 6) is -2.34. The molecule has 1 saturated carbocycles. The first-order valence-corrected chi connectivity index (χ1v) is 22.2. The van der Waals surface area contributed by atoms with Gasteiger partial charge in [0.1, 0.15) is 11.2 Å². The molecule has 3 aromatic rings. The molecule has 10 atom stereocenters. The second kappa shape index (κ2) is 15.1. The summed E-state index contributed by atoms with van der Waals surface area (Å²) in [6, 6.07) is 7.96. The van der Waals surface area contributed by atoms with Gasteiger partial charge in [0.05, 0.1) is 45.6 Å². The normalized spacial score (nSPS) is 35.3. The highest BCUT2D eigenvalue weighted by Gasteiger charge is 2.80. The van der Waals surface area contributed by atoms with E-state index < -0.39 is 63.5 Å². The number of aromatic amines is 1. The van der Waals surface area contributed by atoms with Crippen LogP contribution in [0.1, 0.15) is 85.6 Å². The van der Waals surface area contributed by atoms with Gasteiger partial charge in [0.25, 0.3) is 0 Å². The minimum atomic E-state index is -2.35. The summed E-state index contributed by atoms with van der Waals surface area (Å²) in [4.78, 5) is 66.2. The standard InChI is InChI=1S/C48H60N4O11/c1-9-44(57)23-28-24-47(42(55)61-7,37-30(14-18-51(25-28)26-44)31-20-29(38(54)60-6)12-13-34(31)49-37)33-21-32-35(22-36(33)59-5)50(4)40-46(32)16-19-52-17-11-15-45(10-2,39(46)52)41(63-27(3)53)48(40,58)43(56)62-8/h11-13,15,20-22,28,39-41,49,57-58H,9-10,14,16-19,23-26H2,1-8H3/t28-,39+,40?,41-,44+,45-,46-,47+,48+/m1/s1. The summed E-state index contributed by atoms with van der Waals surface area (Å²) in [6.07, 6.45) is 5.42. The van der Waals surface area contributed by atoms with Crippen LogP contribution in [0.2, 0.25) is 0 Å². The highest BCUT2D eigenvalue weighted by atomic mass is 16.6. The third-order valence-electron chi connectivity index (χ3n) is 16.1. The minimum Gasteiger partial charge on any atom is -0.496 e. The van der Waals surface area contributed by atoms with Crippen LogP contribution < -0.4 is 9.64 Å². The van der Waals surface area contributed by atoms with Gasteiger partial charge in [0.15, 0.2) is 6.10 Å². The number of esters is 4. The molecule has 1 aliphatic carbocycles. The van der Waals surface area contributed by atoms with Crippen molar-refractivity contribution in [2.24, 2.45) is 11.3 Å². The number of methoxy groups -OCH3 is 4. The van der Waals surface area contributed by atoms with Crippen molar-refractivity contribution in [3.8, 4) is 5.75 Å². The Balaban J connectivity index is 1.37. The van der Waals surface area contributed by atoms with E-state index in [1.165, 1.54) is 28.3 Å². The number of ether oxygens (including phenoxy) is 5. The van der Waals surface area contributed by atoms with Crippen LogP contribution in [0.4, 0.5) is 5.69 Å². The third-order valence-corrected chi connectivity index (χ3v) is 16.1. The monoisotopic (exact) mass is 868 g/mol. The zero-order valence-corrected chi connectivity index (χ0v) is 37.5. The van der Waals surface area contributed by atoms with Crippen molar-refractivity contribution in [2.45, 2.75) is 99.5 Å². The van der Waals surface area contributed by atoms with Gasteiger partial charge in [-0.2, -0.15) is 0 Å². The number of aliphatic hydroxyl groups is 2. The molecule has 15 heteroatoms. The summed E-state index contributed by atoms with van der Waals surface area (Å²) in [5.41, 5.74) is -2.31. The second-order valence-corrected chi connectivity index (χ2v) is 18.9. The van der Waals surface area contributed by atoms with E-state index in [2.05, 4.69) is 14.8 Å². The molecule has 2 saturated heterocycles. The molecule has 1 spiro atoms. The molecule has 0 amide bonds. The SMILES string of the molecule is CC[C@]1(O)C[C@H]2CN(CCc3c([nH]c4ccc(C(=O)OC)cc34)[C@@](C(=O)OC)(c3cc4c(cc3OC)N(C)C3[C@]45CCN4CC=C[C@@](CC)([C@@H](OC(C)=O)[C@]3(O)C(=O)OC)[C@H]45)C2)C1. The van der Waals surface area contributed by atoms with E-state index in [0.717, 1.165) is 22.0 Å². The first kappa shape index (κ1) is 43.3. The number of carbonyl (C=O) groups is 4. The smallest absolute Gasteiger partial charge is 0.344 e. The predicted octanol–water partition coefficient (Wildman–Crippen LogP) is 3.78. The van der Waals surface area contributed by atoms with E-state index in [1.807, 2.05) is 62.2 Å². The fourth-order valence-corrected chi connectivity index (χ4v) is 13.8. The van der Waals surface area contributed by atoms with E-state index in [1.54, 1.807) is 13.2 Å². The summed E-state index contributed by atoms with van der Waals surface area (Å²) in [7, 11) is 7.36. The van der Waals surface area contributed by atoms with Crippen LogP contribution in [0.3, 0.4) is 0 Å². The molecule has 3 N–H and O–H groups in total. The highest BCUT2D eigenvalue weighted by Crippen LogP contribution is 2.68. The molecule has 5 aliphatic heterocycles. The van der Waals surface area contributed by atoms with Crippen LogP contribution in [0, 0.1) is 11.3 Å². The molecule has 2 unspecified atom stereocenters. The first-order chi connectivity index (χ1) is 30.1. The molecule has 1 aromatic heterocycles. The average molecular weight is 869 g/mol. The van der Waals surface area contributed by atoms with Crippen molar-refractivity contribution >= 4 is 40.5 Å². The summed E-state index contributed by atoms with van der Waals surface area (Å²) in [6.45, 7) is 8.21. The van der Waals surface area contributed by atoms with E-state index in [9.17, 15) is 24.6 Å². The number of nitrogens with zero attached hydrogens (tertiary/aromatic N) is 3. The van der Waals surface area contributed by atoms with Crippen LogP contribution in [-0.4, -0.2) is 146 Å². The van der Waals surface area contributed by atoms with E-state index in [-0.39, 0.29) is 18.4 Å². The Hall–Kier alpha value is -4.96. The number of hydrogen-bond acceptors (Lipinski definition) is 14. The van der Waals surface area contributed by atoms with Gasteiger partial charge < -0.3 is 43.8 Å². The molecule has 2 bridgehead atoms. The number of hydrogen-bond donors (Lipinski definition) is 3. The molecule has 3 fully saturated rings. The van der Waals surface area contributed by atoms with Crippen LogP contribution in [-0.2, 0) is 50.6 Å². The van der Waals surface area contributed by atoms with Crippen molar-refractivity contribution in [3.05, 3.63) is 70.4 Å². The van der Waals surface area contributed by atoms with Gasteiger partial charge in [-0.25, -0.2) is 9.59 Å². The molecule has 338 valence electrons. The van der Waals surface area contributed by atoms with Gasteiger partial charge in [0.2, 0.25) is 5.60 Å². The van der Waals surface area contributed by atoms with Gasteiger partial charge in [-0.1, -0.05) is 26.0 Å². The van der Waals surface area contributed by atoms with Crippen molar-refractivity contribution in [1.29, 1.82) is 0 Å². The van der Waals surface area contributed by atoms with Crippen LogP contribution in [0.15, 0.2) is 42.5 Å². The van der Waals surface area contributed by atoms with Gasteiger partial charge >= 0.3 is 23.9 Å². The molecule has 6 heterocycles. The summed E-state index contributed by atoms with van der Waals surface area (Å²) < 4.78 is 29.1. The number of anilines is 1. The number of likely N-dealkylation sites (N-methyl/N-ethyl adjacent to an activating group) is 1. The number of carbonyl (C=O) groups excluding carboxylic acids is 4. The third kappa shape index (κ3) is 5.77. The van der Waals surface area contributed by atoms with Crippen molar-refractivity contribution in [1.82, 2.24) is 14.8 Å². The molecule has 6 aliphatic rings. The number of rotatable bonds is 8. The molecule has 0 radical (unpaired) electrons. The van der Waals surface area contributed by atoms with E-state index in [4.69, 9.17) is 23.7 Å². The van der Waals surface area contributed by atoms with Gasteiger partial charge in [-0.3, -0.25) is 19.4 Å². The van der Waals surface area contributed by atoms with Crippen LogP contribution in [0.25, 0.3) is 10.9 Å². The van der Waals surface area contributed by atoms with Crippen molar-refractivity contribution in [3.63, 3.8) is 0 Å². The highest BCUT2D eigenvalue weighted by molar-refractivity contribution is 5.99. The van der Waals surface area contributed by atoms with Gasteiger partial charge in [-0.05, 0) is 86.4 Å². The summed E-state index contributed by atoms with van der Waals surface area (Å²) >= 11 is 0. The van der Waals surface area contributed by atoms with Crippen molar-refractivity contribution < 1.29 is 53.1 Å². The van der Waals surface area contributed by atoms with Gasteiger partial charge in [-0.15, -0.1) is 0 Å². The lowest BCUT2D eigenvalue weighted by atomic mass is 9.47. The van der Waals surface area contributed by atoms with Crippen LogP contribution in [0.5, 0.6) is 5.75 Å². The first-order valence-electron chi connectivity index (χ1n) is 22.2. The number of aromatic nitrogens is 1. The minimum absolute atomic E-state index is 0.181. The maximum atomic E-state index is 15.5. The Morgan fingerprint density at radius 1 is 0.905 bits per heavy atom. The quantitative estimate of drug-likeness (QED) is 0.169. The predicted molar refractivity (Wildman–Crippen MR) is 232 cm³/mol. The topological polar surface area (TPSA) is 180 Å². The molecule has 9 rings (SSSR count). The zero-order chi connectivity index (χ0) is 45.0. The molecule has 2 aromatic carbocycles. The summed E-state index contributed by atoms with van der Waals surface area (Å²) in [5, 5.41) is 26.2. The van der Waals surface area contributed by atoms with E-state index >= 15 is 4.79 Å². The van der Waals surface area contributed by atoms with E-state index in [0.29, 0.717) is 93.1 Å². The molecule has 15 nitrogen and oxygen atoms in total. The number of piperidine rings is 1. The molecular weight excluding hydrogens is 809 g/mol. The fraction of sp³-hybridized carbons (Fsp3) is 0.583. The lowest BCUT2D eigenvalue weighted by Gasteiger charge is -2.63. The molecular formula is C48H60N4O11. The fourth-order valence-electron chi connectivity index (χ4n) is 13.8. The average Bonchev–Trinajstić information content (AvgIpc) is 3.94. The maximum Gasteiger partial charge on any atom is 0.344 e. The lowest BCUT2D eigenvalue weighted by Crippen LogP contribution is -2.81. The Labute approximate surface area is 367 Å². The Bertz CT molecular complexity index is 2430. The lowest BCUT2D eigenvalue weighted by molar-refractivity contribution is -0.228. The number of H-pyrrole nitrogens is 1. The van der Waals surface area contributed by atoms with Gasteiger partial charge in [0, 0.05) is 90.9 Å². The second-order valence-electron chi connectivity index (χ2n) is 18.9.